The third-order valence-electron chi connectivity index (χ3n) is 1.12. The summed E-state index contributed by atoms with van der Waals surface area (Å²) in [6.07, 6.45) is 0. The summed E-state index contributed by atoms with van der Waals surface area (Å²) in [6.45, 7) is 0. The van der Waals surface area contributed by atoms with Crippen LogP contribution in [-0.4, -0.2) is 4.98 Å². The molecule has 5 heteroatoms. The highest BCUT2D eigenvalue weighted by atomic mass is 16.6. The molecule has 0 saturated heterocycles. The fraction of sp³-hybridized carbons (Fsp3) is 0. The number of aromatic amines is 1. The van der Waals surface area contributed by atoms with Crippen molar-refractivity contribution >= 4 is 0 Å². The SMILES string of the molecule is N#Cc1ccc(=O)[nH]c1ON. The molecular weight excluding hydrogens is 146 g/mol. The number of hydrogen-bond acceptors (Lipinski definition) is 4. The summed E-state index contributed by atoms with van der Waals surface area (Å²) in [7, 11) is 0. The second-order valence-corrected chi connectivity index (χ2v) is 1.80. The lowest BCUT2D eigenvalue weighted by Gasteiger charge is -1.97. The maximum absolute atomic E-state index is 10.6. The molecule has 0 bridgehead atoms. The maximum atomic E-state index is 10.6. The first-order chi connectivity index (χ1) is 5.27. The molecule has 56 valence electrons. The van der Waals surface area contributed by atoms with E-state index in [0.717, 1.165) is 0 Å². The number of nitrogens with one attached hydrogen (secondary N) is 1. The summed E-state index contributed by atoms with van der Waals surface area (Å²) in [4.78, 5) is 17.1. The van der Waals surface area contributed by atoms with Gasteiger partial charge in [0, 0.05) is 6.07 Å². The quantitative estimate of drug-likeness (QED) is 0.529. The molecule has 0 aliphatic heterocycles. The summed E-state index contributed by atoms with van der Waals surface area (Å²) in [5.74, 6) is 4.76. The van der Waals surface area contributed by atoms with Crippen molar-refractivity contribution in [3.63, 3.8) is 0 Å². The topological polar surface area (TPSA) is 91.9 Å². The Morgan fingerprint density at radius 2 is 2.36 bits per heavy atom. The largest absolute Gasteiger partial charge is 0.392 e. The van der Waals surface area contributed by atoms with Crippen LogP contribution in [0.15, 0.2) is 16.9 Å². The van der Waals surface area contributed by atoms with Gasteiger partial charge in [0.2, 0.25) is 5.88 Å². The lowest BCUT2D eigenvalue weighted by Crippen LogP contribution is -2.12. The van der Waals surface area contributed by atoms with Crippen molar-refractivity contribution in [2.24, 2.45) is 5.90 Å². The summed E-state index contributed by atoms with van der Waals surface area (Å²) >= 11 is 0. The van der Waals surface area contributed by atoms with Gasteiger partial charge in [-0.3, -0.25) is 9.78 Å². The first-order valence-electron chi connectivity index (χ1n) is 2.78. The van der Waals surface area contributed by atoms with Crippen molar-refractivity contribution < 1.29 is 4.84 Å². The molecule has 0 radical (unpaired) electrons. The van der Waals surface area contributed by atoms with Crippen molar-refractivity contribution in [2.45, 2.75) is 0 Å². The molecule has 1 rings (SSSR count). The minimum absolute atomic E-state index is 0.0139. The van der Waals surface area contributed by atoms with Gasteiger partial charge in [0.25, 0.3) is 5.56 Å². The van der Waals surface area contributed by atoms with E-state index in [1.165, 1.54) is 12.1 Å². The lowest BCUT2D eigenvalue weighted by atomic mass is 10.3. The van der Waals surface area contributed by atoms with Gasteiger partial charge in [-0.25, -0.2) is 0 Å². The van der Waals surface area contributed by atoms with Crippen molar-refractivity contribution in [1.82, 2.24) is 4.98 Å². The molecule has 5 nitrogen and oxygen atoms in total. The molecule has 11 heavy (non-hydrogen) atoms. The molecule has 0 spiro atoms. The van der Waals surface area contributed by atoms with Gasteiger partial charge in [-0.1, -0.05) is 0 Å². The van der Waals surface area contributed by atoms with Crippen LogP contribution in [0.5, 0.6) is 5.88 Å². The van der Waals surface area contributed by atoms with E-state index in [0.29, 0.717) is 0 Å². The van der Waals surface area contributed by atoms with Gasteiger partial charge in [0.05, 0.1) is 0 Å². The van der Waals surface area contributed by atoms with Gasteiger partial charge in [-0.15, -0.1) is 0 Å². The zero-order valence-corrected chi connectivity index (χ0v) is 5.50. The standard InChI is InChI=1S/C6H5N3O2/c7-3-4-1-2-5(10)9-6(4)11-8/h1-2H,8H2,(H,9,10). The predicted octanol–water partition coefficient (Wildman–Crippen LogP) is -0.501. The summed E-state index contributed by atoms with van der Waals surface area (Å²) < 4.78 is 0. The van der Waals surface area contributed by atoms with Crippen molar-refractivity contribution in [3.05, 3.63) is 28.0 Å². The molecule has 0 aromatic carbocycles. The van der Waals surface area contributed by atoms with Crippen LogP contribution < -0.4 is 16.3 Å². The van der Waals surface area contributed by atoms with Gasteiger partial charge in [-0.2, -0.15) is 11.2 Å². The average Bonchev–Trinajstić information content (AvgIpc) is 2.04. The minimum atomic E-state index is -0.357. The molecule has 0 unspecified atom stereocenters. The van der Waals surface area contributed by atoms with Crippen LogP contribution in [0.2, 0.25) is 0 Å². The molecule has 1 heterocycles. The predicted molar refractivity (Wildman–Crippen MR) is 36.6 cm³/mol. The van der Waals surface area contributed by atoms with E-state index >= 15 is 0 Å². The third-order valence-corrected chi connectivity index (χ3v) is 1.12. The fourth-order valence-electron chi connectivity index (χ4n) is 0.637. The van der Waals surface area contributed by atoms with Crippen LogP contribution in [0.3, 0.4) is 0 Å². The highest BCUT2D eigenvalue weighted by Crippen LogP contribution is 2.07. The van der Waals surface area contributed by atoms with E-state index in [1.807, 2.05) is 0 Å². The number of hydrogen-bond donors (Lipinski definition) is 2. The van der Waals surface area contributed by atoms with E-state index in [-0.39, 0.29) is 17.0 Å². The molecule has 0 saturated carbocycles. The normalized spacial score (nSPS) is 8.73. The monoisotopic (exact) mass is 151 g/mol. The number of nitriles is 1. The lowest BCUT2D eigenvalue weighted by molar-refractivity contribution is 0.319. The highest BCUT2D eigenvalue weighted by Gasteiger charge is 2.01. The molecule has 3 N–H and O–H groups in total. The molecule has 0 amide bonds. The average molecular weight is 151 g/mol. The molecule has 1 aromatic heterocycles. The third kappa shape index (κ3) is 1.36. The molecule has 0 fully saturated rings. The van der Waals surface area contributed by atoms with Crippen molar-refractivity contribution in [1.29, 1.82) is 5.26 Å². The zero-order chi connectivity index (χ0) is 8.27. The number of H-pyrrole nitrogens is 1. The van der Waals surface area contributed by atoms with Gasteiger partial charge >= 0.3 is 0 Å². The van der Waals surface area contributed by atoms with E-state index in [4.69, 9.17) is 11.2 Å². The Morgan fingerprint density at radius 1 is 1.64 bits per heavy atom. The van der Waals surface area contributed by atoms with Gasteiger partial charge in [-0.05, 0) is 6.07 Å². The van der Waals surface area contributed by atoms with E-state index in [2.05, 4.69) is 9.82 Å². The Bertz CT molecular complexity index is 350. The van der Waals surface area contributed by atoms with Crippen molar-refractivity contribution in [3.8, 4) is 11.9 Å². The van der Waals surface area contributed by atoms with Crippen LogP contribution in [0, 0.1) is 11.3 Å². The smallest absolute Gasteiger partial charge is 0.250 e. The molecular formula is C6H5N3O2. The number of pyridine rings is 1. The summed E-state index contributed by atoms with van der Waals surface area (Å²) in [5, 5.41) is 8.43. The van der Waals surface area contributed by atoms with Gasteiger partial charge < -0.3 is 4.84 Å². The number of rotatable bonds is 1. The maximum Gasteiger partial charge on any atom is 0.250 e. The molecule has 0 aliphatic rings. The summed E-state index contributed by atoms with van der Waals surface area (Å²) in [5.41, 5.74) is -0.156. The minimum Gasteiger partial charge on any atom is -0.392 e. The van der Waals surface area contributed by atoms with E-state index < -0.39 is 0 Å². The number of nitrogens with zero attached hydrogens (tertiary/aromatic N) is 1. The van der Waals surface area contributed by atoms with Crippen molar-refractivity contribution in [2.75, 3.05) is 0 Å². The second-order valence-electron chi connectivity index (χ2n) is 1.80. The van der Waals surface area contributed by atoms with Crippen LogP contribution in [-0.2, 0) is 0 Å². The van der Waals surface area contributed by atoms with Gasteiger partial charge in [0.1, 0.15) is 11.6 Å². The Hall–Kier alpha value is -1.80. The Kier molecular flexibility index (Phi) is 1.90. The van der Waals surface area contributed by atoms with Crippen LogP contribution in [0.25, 0.3) is 0 Å². The molecule has 0 atom stereocenters. The molecule has 0 aliphatic carbocycles. The van der Waals surface area contributed by atoms with E-state index in [9.17, 15) is 4.79 Å². The highest BCUT2D eigenvalue weighted by molar-refractivity contribution is 5.36. The van der Waals surface area contributed by atoms with E-state index in [1.54, 1.807) is 6.07 Å². The Balaban J connectivity index is 3.30. The van der Waals surface area contributed by atoms with Gasteiger partial charge in [0.15, 0.2) is 0 Å². The Morgan fingerprint density at radius 3 is 2.91 bits per heavy atom. The van der Waals surface area contributed by atoms with Crippen LogP contribution in [0.1, 0.15) is 5.56 Å². The van der Waals surface area contributed by atoms with Crippen LogP contribution >= 0.6 is 0 Å². The number of aromatic nitrogens is 1. The first-order valence-corrected chi connectivity index (χ1v) is 2.78. The fourth-order valence-corrected chi connectivity index (χ4v) is 0.637. The molecule has 1 aromatic rings. The van der Waals surface area contributed by atoms with Crippen LogP contribution in [0.4, 0.5) is 0 Å². The summed E-state index contributed by atoms with van der Waals surface area (Å²) in [6, 6.07) is 4.36. The zero-order valence-electron chi connectivity index (χ0n) is 5.50. The Labute approximate surface area is 62.0 Å². The number of nitrogens with two attached hydrogens (primary N) is 1. The second kappa shape index (κ2) is 2.86. The first kappa shape index (κ1) is 7.31.